The quantitative estimate of drug-likeness (QED) is 0.693. The fraction of sp³-hybridized carbons (Fsp3) is 0.435. The summed E-state index contributed by atoms with van der Waals surface area (Å²) in [6.45, 7) is 8.66. The van der Waals surface area contributed by atoms with E-state index >= 15 is 0 Å². The van der Waals surface area contributed by atoms with Gasteiger partial charge in [0.15, 0.2) is 0 Å². The predicted octanol–water partition coefficient (Wildman–Crippen LogP) is 5.47. The fourth-order valence-corrected chi connectivity index (χ4v) is 4.00. The van der Waals surface area contributed by atoms with Crippen LogP contribution in [0.15, 0.2) is 60.7 Å². The molecule has 0 heterocycles. The zero-order valence-corrected chi connectivity index (χ0v) is 15.8. The van der Waals surface area contributed by atoms with Crippen molar-refractivity contribution in [2.24, 2.45) is 23.2 Å². The first kappa shape index (κ1) is 19.2. The smallest absolute Gasteiger partial charge is 0.307 e. The van der Waals surface area contributed by atoms with Gasteiger partial charge in [0.2, 0.25) is 0 Å². The van der Waals surface area contributed by atoms with Gasteiger partial charge in [-0.05, 0) is 41.2 Å². The third kappa shape index (κ3) is 4.94. The molecular weight excluding hydrogens is 308 g/mol. The maximum Gasteiger partial charge on any atom is 0.307 e. The number of rotatable bonds is 8. The van der Waals surface area contributed by atoms with Crippen LogP contribution >= 0.6 is 0 Å². The molecule has 2 unspecified atom stereocenters. The van der Waals surface area contributed by atoms with E-state index < -0.39 is 11.9 Å². The van der Waals surface area contributed by atoms with Gasteiger partial charge in [0, 0.05) is 0 Å². The predicted molar refractivity (Wildman–Crippen MR) is 104 cm³/mol. The normalized spacial score (nSPS) is 14.3. The lowest BCUT2D eigenvalue weighted by Gasteiger charge is -2.42. The Labute approximate surface area is 151 Å². The number of carboxylic acids is 1. The molecule has 2 nitrogen and oxygen atoms in total. The van der Waals surface area contributed by atoms with E-state index in [2.05, 4.69) is 52.0 Å². The second-order valence-electron chi connectivity index (χ2n) is 7.94. The molecule has 134 valence electrons. The van der Waals surface area contributed by atoms with E-state index in [1.807, 2.05) is 36.4 Å². The van der Waals surface area contributed by atoms with Crippen LogP contribution in [0.5, 0.6) is 0 Å². The molecule has 25 heavy (non-hydrogen) atoms. The average Bonchev–Trinajstić information content (AvgIpc) is 2.58. The summed E-state index contributed by atoms with van der Waals surface area (Å²) >= 11 is 0. The molecule has 2 aromatic rings. The summed E-state index contributed by atoms with van der Waals surface area (Å²) in [6.07, 6.45) is 1.48. The number of hydrogen-bond donors (Lipinski definition) is 1. The Morgan fingerprint density at radius 2 is 1.32 bits per heavy atom. The minimum Gasteiger partial charge on any atom is -0.481 e. The van der Waals surface area contributed by atoms with Gasteiger partial charge in [0.05, 0.1) is 5.92 Å². The molecule has 2 heteroatoms. The summed E-state index contributed by atoms with van der Waals surface area (Å²) in [5, 5.41) is 9.97. The Hall–Kier alpha value is -2.09. The van der Waals surface area contributed by atoms with E-state index in [1.54, 1.807) is 0 Å². The van der Waals surface area contributed by atoms with Gasteiger partial charge in [-0.1, -0.05) is 88.4 Å². The van der Waals surface area contributed by atoms with E-state index in [0.717, 1.165) is 12.0 Å². The van der Waals surface area contributed by atoms with Crippen molar-refractivity contribution >= 4 is 5.97 Å². The zero-order chi connectivity index (χ0) is 18.4. The first-order valence-electron chi connectivity index (χ1n) is 9.13. The summed E-state index contributed by atoms with van der Waals surface area (Å²) < 4.78 is 0. The maximum atomic E-state index is 12.1. The van der Waals surface area contributed by atoms with Crippen molar-refractivity contribution in [2.45, 2.75) is 40.5 Å². The van der Waals surface area contributed by atoms with Crippen LogP contribution in [0.1, 0.15) is 38.8 Å². The standard InChI is InChI=1S/C23H30O2/c1-17(2)20(15-18-11-7-5-8-12-18)23(3,4)21(22(24)25)16-19-13-9-6-10-14-19/h5-14,17,20-21H,15-16H2,1-4H3,(H,24,25). The minimum absolute atomic E-state index is 0.291. The van der Waals surface area contributed by atoms with Crippen LogP contribution in [0.4, 0.5) is 0 Å². The zero-order valence-electron chi connectivity index (χ0n) is 15.8. The van der Waals surface area contributed by atoms with Crippen LogP contribution in [0.2, 0.25) is 0 Å². The lowest BCUT2D eigenvalue weighted by atomic mass is 9.62. The summed E-state index contributed by atoms with van der Waals surface area (Å²) in [5.74, 6) is -0.411. The summed E-state index contributed by atoms with van der Waals surface area (Å²) in [4.78, 5) is 12.1. The maximum absolute atomic E-state index is 12.1. The van der Waals surface area contributed by atoms with E-state index in [9.17, 15) is 9.90 Å². The molecule has 2 atom stereocenters. The van der Waals surface area contributed by atoms with Crippen molar-refractivity contribution in [2.75, 3.05) is 0 Å². The number of hydrogen-bond acceptors (Lipinski definition) is 1. The van der Waals surface area contributed by atoms with Gasteiger partial charge in [-0.2, -0.15) is 0 Å². The largest absolute Gasteiger partial charge is 0.481 e. The number of carbonyl (C=O) groups is 1. The topological polar surface area (TPSA) is 37.3 Å². The average molecular weight is 338 g/mol. The first-order chi connectivity index (χ1) is 11.8. The lowest BCUT2D eigenvalue weighted by Crippen LogP contribution is -2.41. The molecule has 0 fully saturated rings. The number of benzene rings is 2. The molecule has 0 aliphatic rings. The Bertz CT molecular complexity index is 659. The number of carboxylic acid groups (broad SMARTS) is 1. The Balaban J connectivity index is 2.29. The highest BCUT2D eigenvalue weighted by atomic mass is 16.4. The molecular formula is C23H30O2. The van der Waals surface area contributed by atoms with Crippen LogP contribution in [-0.4, -0.2) is 11.1 Å². The second-order valence-corrected chi connectivity index (χ2v) is 7.94. The van der Waals surface area contributed by atoms with Gasteiger partial charge in [-0.3, -0.25) is 4.79 Å². The summed E-state index contributed by atoms with van der Waals surface area (Å²) in [7, 11) is 0. The van der Waals surface area contributed by atoms with Gasteiger partial charge >= 0.3 is 5.97 Å². The van der Waals surface area contributed by atoms with Crippen molar-refractivity contribution in [3.63, 3.8) is 0 Å². The summed E-state index contributed by atoms with van der Waals surface area (Å²) in [5.41, 5.74) is 2.05. The highest BCUT2D eigenvalue weighted by Crippen LogP contribution is 2.43. The van der Waals surface area contributed by atoms with E-state index in [4.69, 9.17) is 0 Å². The molecule has 0 aromatic heterocycles. The number of aliphatic carboxylic acids is 1. The molecule has 0 bridgehead atoms. The van der Waals surface area contributed by atoms with Crippen LogP contribution in [0.25, 0.3) is 0 Å². The summed E-state index contributed by atoms with van der Waals surface area (Å²) in [6, 6.07) is 20.4. The fourth-order valence-electron chi connectivity index (χ4n) is 4.00. The molecule has 0 saturated carbocycles. The Kier molecular flexibility index (Phi) is 6.41. The van der Waals surface area contributed by atoms with E-state index in [1.165, 1.54) is 5.56 Å². The van der Waals surface area contributed by atoms with Crippen LogP contribution in [0, 0.1) is 23.2 Å². The molecule has 2 aromatic carbocycles. The molecule has 0 saturated heterocycles. The van der Waals surface area contributed by atoms with Gasteiger partial charge < -0.3 is 5.11 Å². The van der Waals surface area contributed by atoms with Gasteiger partial charge in [0.1, 0.15) is 0 Å². The Morgan fingerprint density at radius 3 is 1.72 bits per heavy atom. The van der Waals surface area contributed by atoms with E-state index in [0.29, 0.717) is 18.3 Å². The first-order valence-corrected chi connectivity index (χ1v) is 9.13. The SMILES string of the molecule is CC(C)C(Cc1ccccc1)C(C)(C)C(Cc1ccccc1)C(=O)O. The molecule has 0 spiro atoms. The second kappa shape index (κ2) is 8.33. The highest BCUT2D eigenvalue weighted by molar-refractivity contribution is 5.71. The van der Waals surface area contributed by atoms with Gasteiger partial charge in [-0.15, -0.1) is 0 Å². The molecule has 0 aliphatic heterocycles. The Morgan fingerprint density at radius 1 is 0.880 bits per heavy atom. The van der Waals surface area contributed by atoms with Gasteiger partial charge in [0.25, 0.3) is 0 Å². The van der Waals surface area contributed by atoms with Crippen LogP contribution < -0.4 is 0 Å². The molecule has 0 radical (unpaired) electrons. The van der Waals surface area contributed by atoms with Crippen molar-refractivity contribution in [3.05, 3.63) is 71.8 Å². The minimum atomic E-state index is -0.701. The van der Waals surface area contributed by atoms with Gasteiger partial charge in [-0.25, -0.2) is 0 Å². The van der Waals surface area contributed by atoms with Crippen molar-refractivity contribution in [1.82, 2.24) is 0 Å². The highest BCUT2D eigenvalue weighted by Gasteiger charge is 2.42. The third-order valence-corrected chi connectivity index (χ3v) is 5.54. The van der Waals surface area contributed by atoms with Crippen molar-refractivity contribution in [3.8, 4) is 0 Å². The van der Waals surface area contributed by atoms with Crippen LogP contribution in [0.3, 0.4) is 0 Å². The molecule has 0 amide bonds. The lowest BCUT2D eigenvalue weighted by molar-refractivity contribution is -0.148. The van der Waals surface area contributed by atoms with Crippen molar-refractivity contribution in [1.29, 1.82) is 0 Å². The van der Waals surface area contributed by atoms with E-state index in [-0.39, 0.29) is 5.41 Å². The van der Waals surface area contributed by atoms with Crippen LogP contribution in [-0.2, 0) is 17.6 Å². The van der Waals surface area contributed by atoms with Crippen molar-refractivity contribution < 1.29 is 9.90 Å². The molecule has 2 rings (SSSR count). The molecule has 1 N–H and O–H groups in total. The molecule has 0 aliphatic carbocycles. The monoisotopic (exact) mass is 338 g/mol. The third-order valence-electron chi connectivity index (χ3n) is 5.54.